The standard InChI is InChI=1S/C17H12ClNO4/c18-16(7-4-12-19(21)22)13-8-10-15(11-9-13)23-17(20)14-5-2-1-3-6-14/h1-12H. The quantitative estimate of drug-likeness (QED) is 0.270. The summed E-state index contributed by atoms with van der Waals surface area (Å²) in [4.78, 5) is 21.5. The molecule has 0 unspecified atom stereocenters. The van der Waals surface area contributed by atoms with Crippen LogP contribution >= 0.6 is 11.6 Å². The van der Waals surface area contributed by atoms with Crippen molar-refractivity contribution in [3.05, 3.63) is 94.2 Å². The Labute approximate surface area is 137 Å². The Morgan fingerprint density at radius 2 is 1.70 bits per heavy atom. The second-order valence-corrected chi connectivity index (χ2v) is 4.83. The molecule has 0 radical (unpaired) electrons. The topological polar surface area (TPSA) is 69.4 Å². The zero-order chi connectivity index (χ0) is 16.7. The maximum Gasteiger partial charge on any atom is 0.343 e. The van der Waals surface area contributed by atoms with Crippen LogP contribution in [0.4, 0.5) is 0 Å². The normalized spacial score (nSPS) is 11.4. The number of ether oxygens (including phenoxy) is 1. The number of hydrogen-bond donors (Lipinski definition) is 0. The fraction of sp³-hybridized carbons (Fsp3) is 0. The molecule has 116 valence electrons. The van der Waals surface area contributed by atoms with E-state index >= 15 is 0 Å². The van der Waals surface area contributed by atoms with Crippen LogP contribution < -0.4 is 4.74 Å². The van der Waals surface area contributed by atoms with Crippen molar-refractivity contribution in [2.45, 2.75) is 0 Å². The van der Waals surface area contributed by atoms with E-state index in [9.17, 15) is 14.9 Å². The Balaban J connectivity index is 2.05. The van der Waals surface area contributed by atoms with Crippen LogP contribution in [0, 0.1) is 10.1 Å². The highest BCUT2D eigenvalue weighted by Crippen LogP contribution is 2.22. The van der Waals surface area contributed by atoms with Gasteiger partial charge in [0.25, 0.3) is 0 Å². The summed E-state index contributed by atoms with van der Waals surface area (Å²) >= 11 is 6.02. The van der Waals surface area contributed by atoms with Crippen molar-refractivity contribution in [2.24, 2.45) is 0 Å². The highest BCUT2D eigenvalue weighted by molar-refractivity contribution is 6.48. The smallest absolute Gasteiger partial charge is 0.343 e. The molecule has 0 bridgehead atoms. The van der Waals surface area contributed by atoms with E-state index in [1.807, 2.05) is 6.07 Å². The van der Waals surface area contributed by atoms with Crippen LogP contribution in [0.2, 0.25) is 0 Å². The van der Waals surface area contributed by atoms with Gasteiger partial charge >= 0.3 is 5.97 Å². The second-order valence-electron chi connectivity index (χ2n) is 4.42. The molecule has 2 aromatic carbocycles. The van der Waals surface area contributed by atoms with E-state index in [0.717, 1.165) is 6.20 Å². The summed E-state index contributed by atoms with van der Waals surface area (Å²) in [7, 11) is 0. The van der Waals surface area contributed by atoms with E-state index in [1.54, 1.807) is 48.5 Å². The third-order valence-electron chi connectivity index (χ3n) is 2.80. The van der Waals surface area contributed by atoms with E-state index in [1.165, 1.54) is 12.2 Å². The summed E-state index contributed by atoms with van der Waals surface area (Å²) in [6.07, 6.45) is 3.44. The summed E-state index contributed by atoms with van der Waals surface area (Å²) in [6, 6.07) is 15.2. The van der Waals surface area contributed by atoms with Crippen molar-refractivity contribution in [3.8, 4) is 5.75 Å². The molecular formula is C17H12ClNO4. The molecule has 2 aromatic rings. The van der Waals surface area contributed by atoms with Gasteiger partial charge in [-0.05, 0) is 48.0 Å². The molecule has 0 fully saturated rings. The van der Waals surface area contributed by atoms with E-state index in [2.05, 4.69) is 0 Å². The Kier molecular flexibility index (Phi) is 5.66. The minimum Gasteiger partial charge on any atom is -0.423 e. The SMILES string of the molecule is O=C(Oc1ccc(C(Cl)=CC=C[N+](=O)[O-])cc1)c1ccccc1. The van der Waals surface area contributed by atoms with Crippen molar-refractivity contribution < 1.29 is 14.5 Å². The van der Waals surface area contributed by atoms with Gasteiger partial charge in [0.15, 0.2) is 0 Å². The van der Waals surface area contributed by atoms with Crippen molar-refractivity contribution in [3.63, 3.8) is 0 Å². The van der Waals surface area contributed by atoms with Crippen LogP contribution in [0.25, 0.3) is 5.03 Å². The van der Waals surface area contributed by atoms with E-state index in [-0.39, 0.29) is 0 Å². The van der Waals surface area contributed by atoms with Gasteiger partial charge in [-0.3, -0.25) is 10.1 Å². The van der Waals surface area contributed by atoms with E-state index < -0.39 is 10.9 Å². The second kappa shape index (κ2) is 7.91. The molecule has 0 saturated heterocycles. The van der Waals surface area contributed by atoms with Crippen molar-refractivity contribution >= 4 is 22.6 Å². The number of halogens is 1. The minimum absolute atomic E-state index is 0.337. The monoisotopic (exact) mass is 329 g/mol. The molecule has 6 heteroatoms. The fourth-order valence-corrected chi connectivity index (χ4v) is 1.92. The first-order valence-corrected chi connectivity index (χ1v) is 6.99. The van der Waals surface area contributed by atoms with Crippen LogP contribution in [-0.2, 0) is 0 Å². The minimum atomic E-state index is -0.577. The molecule has 0 aromatic heterocycles. The van der Waals surface area contributed by atoms with Gasteiger partial charge in [-0.1, -0.05) is 29.8 Å². The third kappa shape index (κ3) is 5.09. The van der Waals surface area contributed by atoms with Gasteiger partial charge in [-0.2, -0.15) is 0 Å². The third-order valence-corrected chi connectivity index (χ3v) is 3.14. The first-order chi connectivity index (χ1) is 11.1. The number of nitrogens with zero attached hydrogens (tertiary/aromatic N) is 1. The fourth-order valence-electron chi connectivity index (χ4n) is 1.72. The van der Waals surface area contributed by atoms with E-state index in [0.29, 0.717) is 21.9 Å². The van der Waals surface area contributed by atoms with Crippen LogP contribution in [0.5, 0.6) is 5.75 Å². The Morgan fingerprint density at radius 1 is 1.04 bits per heavy atom. The number of carbonyl (C=O) groups is 1. The highest BCUT2D eigenvalue weighted by atomic mass is 35.5. The van der Waals surface area contributed by atoms with Gasteiger partial charge < -0.3 is 4.74 Å². The number of rotatable bonds is 5. The zero-order valence-electron chi connectivity index (χ0n) is 11.9. The first kappa shape index (κ1) is 16.5. The van der Waals surface area contributed by atoms with Crippen LogP contribution in [-0.4, -0.2) is 10.9 Å². The molecule has 0 N–H and O–H groups in total. The van der Waals surface area contributed by atoms with Crippen LogP contribution in [0.15, 0.2) is 72.9 Å². The Morgan fingerprint density at radius 3 is 2.30 bits per heavy atom. The van der Waals surface area contributed by atoms with Gasteiger partial charge in [0.05, 0.1) is 10.5 Å². The Bertz CT molecular complexity index is 752. The van der Waals surface area contributed by atoms with Gasteiger partial charge in [0.2, 0.25) is 6.20 Å². The zero-order valence-corrected chi connectivity index (χ0v) is 12.6. The van der Waals surface area contributed by atoms with Crippen molar-refractivity contribution in [2.75, 3.05) is 0 Å². The molecular weight excluding hydrogens is 318 g/mol. The number of nitro groups is 1. The molecule has 0 atom stereocenters. The molecule has 0 heterocycles. The van der Waals surface area contributed by atoms with Gasteiger partial charge in [0, 0.05) is 11.1 Å². The maximum atomic E-state index is 11.9. The molecule has 2 rings (SSSR count). The number of esters is 1. The number of hydrogen-bond acceptors (Lipinski definition) is 4. The lowest BCUT2D eigenvalue weighted by molar-refractivity contribution is -0.402. The van der Waals surface area contributed by atoms with Gasteiger partial charge in [0.1, 0.15) is 5.75 Å². The number of allylic oxidation sites excluding steroid dienone is 2. The first-order valence-electron chi connectivity index (χ1n) is 6.61. The average Bonchev–Trinajstić information content (AvgIpc) is 2.56. The summed E-state index contributed by atoms with van der Waals surface area (Å²) in [5, 5.41) is 10.5. The van der Waals surface area contributed by atoms with Crippen LogP contribution in [0.3, 0.4) is 0 Å². The lowest BCUT2D eigenvalue weighted by Gasteiger charge is -2.05. The largest absolute Gasteiger partial charge is 0.423 e. The molecule has 0 amide bonds. The molecule has 0 aliphatic heterocycles. The number of carbonyl (C=O) groups excluding carboxylic acids is 1. The summed E-state index contributed by atoms with van der Waals surface area (Å²) in [6.45, 7) is 0. The molecule has 23 heavy (non-hydrogen) atoms. The maximum absolute atomic E-state index is 11.9. The highest BCUT2D eigenvalue weighted by Gasteiger charge is 2.07. The summed E-state index contributed by atoms with van der Waals surface area (Å²) < 4.78 is 5.24. The predicted octanol–water partition coefficient (Wildman–Crippen LogP) is 4.28. The predicted molar refractivity (Wildman–Crippen MR) is 87.8 cm³/mol. The van der Waals surface area contributed by atoms with Gasteiger partial charge in [-0.25, -0.2) is 4.79 Å². The van der Waals surface area contributed by atoms with Crippen molar-refractivity contribution in [1.29, 1.82) is 0 Å². The molecule has 0 spiro atoms. The van der Waals surface area contributed by atoms with Crippen LogP contribution in [0.1, 0.15) is 15.9 Å². The van der Waals surface area contributed by atoms with Crippen molar-refractivity contribution in [1.82, 2.24) is 0 Å². The molecule has 0 aliphatic carbocycles. The molecule has 0 saturated carbocycles. The lowest BCUT2D eigenvalue weighted by Crippen LogP contribution is -2.07. The molecule has 5 nitrogen and oxygen atoms in total. The lowest BCUT2D eigenvalue weighted by atomic mass is 10.2. The molecule has 0 aliphatic rings. The summed E-state index contributed by atoms with van der Waals surface area (Å²) in [5.41, 5.74) is 1.11. The van der Waals surface area contributed by atoms with Gasteiger partial charge in [-0.15, -0.1) is 0 Å². The number of benzene rings is 2. The summed E-state index contributed by atoms with van der Waals surface area (Å²) in [5.74, 6) is -0.0678. The van der Waals surface area contributed by atoms with E-state index in [4.69, 9.17) is 16.3 Å². The Hall–Kier alpha value is -2.92. The average molecular weight is 330 g/mol.